The lowest BCUT2D eigenvalue weighted by Gasteiger charge is -2.36. The van der Waals surface area contributed by atoms with Gasteiger partial charge in [-0.2, -0.15) is 0 Å². The molecule has 5 rings (SSSR count). The molecule has 0 aromatic heterocycles. The number of anilines is 1. The zero-order chi connectivity index (χ0) is 27.4. The first kappa shape index (κ1) is 26.0. The fourth-order valence-corrected chi connectivity index (χ4v) is 4.83. The fraction of sp³-hybridized carbons (Fsp3) is 0.267. The number of amides is 3. The van der Waals surface area contributed by atoms with Crippen LogP contribution in [0.4, 0.5) is 5.69 Å². The Balaban J connectivity index is 1.22. The van der Waals surface area contributed by atoms with E-state index in [1.165, 1.54) is 0 Å². The third-order valence-corrected chi connectivity index (χ3v) is 6.86. The maximum Gasteiger partial charge on any atom is 0.342 e. The van der Waals surface area contributed by atoms with Gasteiger partial charge in [0.15, 0.2) is 6.61 Å². The molecular formula is C30H29N3O6. The minimum Gasteiger partial charge on any atom is -0.493 e. The first-order chi connectivity index (χ1) is 19.0. The average Bonchev–Trinajstić information content (AvgIpc) is 3.22. The molecule has 3 aromatic carbocycles. The summed E-state index contributed by atoms with van der Waals surface area (Å²) in [5.41, 5.74) is 2.52. The molecule has 0 aliphatic carbocycles. The molecule has 2 aliphatic rings. The molecule has 2 aliphatic heterocycles. The molecule has 2 heterocycles. The number of piperazine rings is 1. The van der Waals surface area contributed by atoms with Crippen LogP contribution in [0.1, 0.15) is 43.6 Å². The van der Waals surface area contributed by atoms with Crippen LogP contribution < -0.4 is 9.64 Å². The van der Waals surface area contributed by atoms with Gasteiger partial charge in [0.05, 0.1) is 24.3 Å². The molecule has 0 bridgehead atoms. The summed E-state index contributed by atoms with van der Waals surface area (Å²) >= 11 is 0. The largest absolute Gasteiger partial charge is 0.493 e. The van der Waals surface area contributed by atoms with E-state index < -0.39 is 12.6 Å². The molecule has 0 N–H and O–H groups in total. The third-order valence-electron chi connectivity index (χ3n) is 6.86. The smallest absolute Gasteiger partial charge is 0.342 e. The van der Waals surface area contributed by atoms with Gasteiger partial charge in [0, 0.05) is 31.9 Å². The molecule has 200 valence electrons. The highest BCUT2D eigenvalue weighted by Crippen LogP contribution is 2.27. The highest BCUT2D eigenvalue weighted by molar-refractivity contribution is 6.21. The number of para-hydroxylation sites is 1. The van der Waals surface area contributed by atoms with Crippen LogP contribution >= 0.6 is 0 Å². The number of fused-ring (bicyclic) bond motifs is 1. The number of nitrogens with zero attached hydrogens (tertiary/aromatic N) is 3. The van der Waals surface area contributed by atoms with Gasteiger partial charge >= 0.3 is 5.97 Å². The van der Waals surface area contributed by atoms with Crippen molar-refractivity contribution in [1.29, 1.82) is 0 Å². The number of carbonyl (C=O) groups is 4. The van der Waals surface area contributed by atoms with E-state index in [-0.39, 0.29) is 29.8 Å². The lowest BCUT2D eigenvalue weighted by atomic mass is 10.1. The Morgan fingerprint density at radius 1 is 0.821 bits per heavy atom. The zero-order valence-electron chi connectivity index (χ0n) is 21.7. The van der Waals surface area contributed by atoms with Crippen LogP contribution in [0, 0.1) is 0 Å². The molecule has 0 spiro atoms. The Morgan fingerprint density at radius 3 is 2.10 bits per heavy atom. The minimum atomic E-state index is -0.709. The summed E-state index contributed by atoms with van der Waals surface area (Å²) in [7, 11) is 0. The van der Waals surface area contributed by atoms with Gasteiger partial charge in [0.1, 0.15) is 11.3 Å². The number of carbonyl (C=O) groups excluding carboxylic acids is 4. The summed E-state index contributed by atoms with van der Waals surface area (Å²) in [6, 6.07) is 21.5. The van der Waals surface area contributed by atoms with E-state index in [1.54, 1.807) is 54.3 Å². The summed E-state index contributed by atoms with van der Waals surface area (Å²) in [5.74, 6) is -1.44. The van der Waals surface area contributed by atoms with Gasteiger partial charge in [-0.25, -0.2) is 4.79 Å². The standard InChI is InChI=1S/C30H29N3O6/c1-2-38-26-13-12-21(19-33-28(35)23-10-6-7-11-24(23)29(33)36)18-25(26)30(37)39-20-27(34)32-16-14-31(15-17-32)22-8-4-3-5-9-22/h3-13,18H,2,14-17,19-20H2,1H3. The predicted octanol–water partition coefficient (Wildman–Crippen LogP) is 3.39. The van der Waals surface area contributed by atoms with Crippen molar-refractivity contribution in [3.8, 4) is 5.75 Å². The number of hydrogen-bond donors (Lipinski definition) is 0. The van der Waals surface area contributed by atoms with Gasteiger partial charge in [-0.05, 0) is 48.9 Å². The van der Waals surface area contributed by atoms with Crippen LogP contribution in [0.5, 0.6) is 5.75 Å². The van der Waals surface area contributed by atoms with E-state index in [4.69, 9.17) is 9.47 Å². The monoisotopic (exact) mass is 527 g/mol. The topological polar surface area (TPSA) is 96.5 Å². The van der Waals surface area contributed by atoms with E-state index in [1.807, 2.05) is 30.3 Å². The maximum atomic E-state index is 13.0. The van der Waals surface area contributed by atoms with Crippen LogP contribution in [0.15, 0.2) is 72.8 Å². The van der Waals surface area contributed by atoms with Gasteiger partial charge < -0.3 is 19.3 Å². The normalized spacial score (nSPS) is 14.8. The Kier molecular flexibility index (Phi) is 7.58. The molecule has 1 saturated heterocycles. The van der Waals surface area contributed by atoms with Gasteiger partial charge in [-0.3, -0.25) is 19.3 Å². The maximum absolute atomic E-state index is 13.0. The molecule has 9 heteroatoms. The Hall–Kier alpha value is -4.66. The van der Waals surface area contributed by atoms with E-state index in [9.17, 15) is 19.2 Å². The number of imide groups is 1. The second-order valence-corrected chi connectivity index (χ2v) is 9.29. The summed E-state index contributed by atoms with van der Waals surface area (Å²) in [4.78, 5) is 56.4. The second kappa shape index (κ2) is 11.4. The first-order valence-electron chi connectivity index (χ1n) is 12.9. The van der Waals surface area contributed by atoms with Gasteiger partial charge in [-0.1, -0.05) is 36.4 Å². The van der Waals surface area contributed by atoms with Crippen molar-refractivity contribution < 1.29 is 28.7 Å². The number of hydrogen-bond acceptors (Lipinski definition) is 7. The van der Waals surface area contributed by atoms with Crippen LogP contribution in [-0.4, -0.2) is 72.9 Å². The Labute approximate surface area is 226 Å². The van der Waals surface area contributed by atoms with Crippen molar-refractivity contribution in [2.24, 2.45) is 0 Å². The summed E-state index contributed by atoms with van der Waals surface area (Å²) in [5, 5.41) is 0. The zero-order valence-corrected chi connectivity index (χ0v) is 21.7. The van der Waals surface area contributed by atoms with Crippen molar-refractivity contribution in [2.45, 2.75) is 13.5 Å². The van der Waals surface area contributed by atoms with Crippen molar-refractivity contribution >= 4 is 29.4 Å². The van der Waals surface area contributed by atoms with E-state index in [0.29, 0.717) is 55.2 Å². The summed E-state index contributed by atoms with van der Waals surface area (Å²) in [6.07, 6.45) is 0. The molecular weight excluding hydrogens is 498 g/mol. The fourth-order valence-electron chi connectivity index (χ4n) is 4.83. The minimum absolute atomic E-state index is 0.0103. The quantitative estimate of drug-likeness (QED) is 0.327. The van der Waals surface area contributed by atoms with E-state index in [0.717, 1.165) is 10.6 Å². The molecule has 3 amide bonds. The lowest BCUT2D eigenvalue weighted by Crippen LogP contribution is -2.49. The number of ether oxygens (including phenoxy) is 2. The lowest BCUT2D eigenvalue weighted by molar-refractivity contribution is -0.134. The van der Waals surface area contributed by atoms with Gasteiger partial charge in [0.2, 0.25) is 0 Å². The van der Waals surface area contributed by atoms with Crippen molar-refractivity contribution in [3.05, 3.63) is 95.1 Å². The van der Waals surface area contributed by atoms with Gasteiger partial charge in [-0.15, -0.1) is 0 Å². The number of rotatable bonds is 8. The predicted molar refractivity (Wildman–Crippen MR) is 144 cm³/mol. The van der Waals surface area contributed by atoms with E-state index >= 15 is 0 Å². The first-order valence-corrected chi connectivity index (χ1v) is 12.9. The highest BCUT2D eigenvalue weighted by Gasteiger charge is 2.35. The number of benzene rings is 3. The molecule has 0 unspecified atom stereocenters. The Morgan fingerprint density at radius 2 is 1.46 bits per heavy atom. The number of esters is 1. The van der Waals surface area contributed by atoms with Crippen molar-refractivity contribution in [1.82, 2.24) is 9.80 Å². The molecule has 0 saturated carbocycles. The average molecular weight is 528 g/mol. The molecule has 39 heavy (non-hydrogen) atoms. The Bertz CT molecular complexity index is 1360. The molecule has 3 aromatic rings. The van der Waals surface area contributed by atoms with Crippen molar-refractivity contribution in [3.63, 3.8) is 0 Å². The molecule has 0 radical (unpaired) electrons. The third kappa shape index (κ3) is 5.47. The van der Waals surface area contributed by atoms with Crippen LogP contribution in [0.3, 0.4) is 0 Å². The van der Waals surface area contributed by atoms with Crippen LogP contribution in [0.25, 0.3) is 0 Å². The van der Waals surface area contributed by atoms with Crippen molar-refractivity contribution in [2.75, 3.05) is 44.3 Å². The molecule has 1 fully saturated rings. The SMILES string of the molecule is CCOc1ccc(CN2C(=O)c3ccccc3C2=O)cc1C(=O)OCC(=O)N1CCN(c2ccccc2)CC1. The second-order valence-electron chi connectivity index (χ2n) is 9.29. The summed E-state index contributed by atoms with van der Waals surface area (Å²) in [6.45, 7) is 4.16. The molecule has 0 atom stereocenters. The summed E-state index contributed by atoms with van der Waals surface area (Å²) < 4.78 is 11.0. The highest BCUT2D eigenvalue weighted by atomic mass is 16.5. The van der Waals surface area contributed by atoms with E-state index in [2.05, 4.69) is 4.90 Å². The van der Waals surface area contributed by atoms with Gasteiger partial charge in [0.25, 0.3) is 17.7 Å². The van der Waals surface area contributed by atoms with Crippen LogP contribution in [0.2, 0.25) is 0 Å². The molecule has 9 nitrogen and oxygen atoms in total. The van der Waals surface area contributed by atoms with Crippen LogP contribution in [-0.2, 0) is 16.1 Å².